The Kier molecular flexibility index (Phi) is 5.71. The molecule has 0 unspecified atom stereocenters. The van der Waals surface area contributed by atoms with Gasteiger partial charge >= 0.3 is 0 Å². The molecule has 8 aromatic carbocycles. The van der Waals surface area contributed by atoms with E-state index in [1.54, 1.807) is 0 Å². The smallest absolute Gasteiger partial charge is 0.235 e. The lowest BCUT2D eigenvalue weighted by Crippen LogP contribution is -2.07. The first-order valence-corrected chi connectivity index (χ1v) is 17.9. The minimum absolute atomic E-state index is 0.624. The van der Waals surface area contributed by atoms with Crippen molar-refractivity contribution in [2.75, 3.05) is 0 Å². The molecule has 0 saturated heterocycles. The molecule has 0 amide bonds. The van der Waals surface area contributed by atoms with Crippen molar-refractivity contribution in [3.8, 4) is 45.5 Å². The van der Waals surface area contributed by atoms with Crippen LogP contribution in [0.5, 0.6) is 11.5 Å². The van der Waals surface area contributed by atoms with Crippen molar-refractivity contribution in [3.05, 3.63) is 170 Å². The number of para-hydroxylation sites is 3. The summed E-state index contributed by atoms with van der Waals surface area (Å²) in [5.41, 5.74) is 10.4. The van der Waals surface area contributed by atoms with E-state index in [1.165, 1.54) is 21.5 Å². The molecule has 3 aromatic heterocycles. The second-order valence-corrected chi connectivity index (χ2v) is 13.7. The Morgan fingerprint density at radius 1 is 0.415 bits per heavy atom. The molecular formula is C48H28N4O. The summed E-state index contributed by atoms with van der Waals surface area (Å²) in [6.45, 7) is 0. The molecule has 1 aliphatic rings. The number of hydrogen-bond donors (Lipinski definition) is 0. The predicted molar refractivity (Wildman–Crippen MR) is 217 cm³/mol. The molecular weight excluding hydrogens is 649 g/mol. The van der Waals surface area contributed by atoms with Gasteiger partial charge in [-0.15, -0.1) is 0 Å². The highest BCUT2D eigenvalue weighted by Crippen LogP contribution is 2.48. The van der Waals surface area contributed by atoms with Crippen LogP contribution >= 0.6 is 0 Å². The van der Waals surface area contributed by atoms with Gasteiger partial charge in [0.15, 0.2) is 0 Å². The summed E-state index contributed by atoms with van der Waals surface area (Å²) in [5.74, 6) is 2.18. The van der Waals surface area contributed by atoms with E-state index in [2.05, 4.69) is 155 Å². The molecule has 0 saturated carbocycles. The Bertz CT molecular complexity index is 3310. The zero-order valence-corrected chi connectivity index (χ0v) is 28.4. The van der Waals surface area contributed by atoms with Crippen LogP contribution in [0.25, 0.3) is 99.3 Å². The van der Waals surface area contributed by atoms with Gasteiger partial charge in [-0.05, 0) is 59.5 Å². The summed E-state index contributed by atoms with van der Waals surface area (Å²) in [5, 5.41) is 8.00. The van der Waals surface area contributed by atoms with Crippen LogP contribution in [0.15, 0.2) is 170 Å². The Hall–Kier alpha value is -7.24. The third kappa shape index (κ3) is 3.91. The summed E-state index contributed by atoms with van der Waals surface area (Å²) in [7, 11) is 0. The van der Waals surface area contributed by atoms with Crippen LogP contribution in [0.2, 0.25) is 0 Å². The van der Waals surface area contributed by atoms with Gasteiger partial charge in [0.25, 0.3) is 0 Å². The van der Waals surface area contributed by atoms with Crippen LogP contribution in [0.3, 0.4) is 0 Å². The van der Waals surface area contributed by atoms with Gasteiger partial charge in [-0.2, -0.15) is 0 Å². The fraction of sp³-hybridized carbons (Fsp3) is 0. The number of benzene rings is 8. The largest absolute Gasteiger partial charge is 0.456 e. The van der Waals surface area contributed by atoms with Gasteiger partial charge in [0.05, 0.1) is 44.4 Å². The molecule has 246 valence electrons. The average Bonchev–Trinajstić information content (AvgIpc) is 3.74. The van der Waals surface area contributed by atoms with E-state index in [9.17, 15) is 0 Å². The average molecular weight is 677 g/mol. The Morgan fingerprint density at radius 2 is 1.13 bits per heavy atom. The maximum absolute atomic E-state index is 6.50. The first kappa shape index (κ1) is 28.5. The second-order valence-electron chi connectivity index (χ2n) is 13.7. The Labute approximate surface area is 303 Å². The summed E-state index contributed by atoms with van der Waals surface area (Å²) >= 11 is 0. The fourth-order valence-electron chi connectivity index (χ4n) is 8.68. The monoisotopic (exact) mass is 676 g/mol. The molecule has 0 aliphatic carbocycles. The lowest BCUT2D eigenvalue weighted by molar-refractivity contribution is 0.486. The third-order valence-corrected chi connectivity index (χ3v) is 10.9. The van der Waals surface area contributed by atoms with E-state index in [0.717, 1.165) is 83.3 Å². The summed E-state index contributed by atoms with van der Waals surface area (Å²) < 4.78 is 11.2. The highest BCUT2D eigenvalue weighted by atomic mass is 16.5. The molecule has 12 rings (SSSR count). The first-order valence-electron chi connectivity index (χ1n) is 17.9. The number of fused-ring (bicyclic) bond motifs is 10. The van der Waals surface area contributed by atoms with Gasteiger partial charge in [0, 0.05) is 38.1 Å². The van der Waals surface area contributed by atoms with Crippen molar-refractivity contribution in [2.24, 2.45) is 0 Å². The summed E-state index contributed by atoms with van der Waals surface area (Å²) in [6, 6.07) is 60.0. The van der Waals surface area contributed by atoms with Gasteiger partial charge in [-0.1, -0.05) is 121 Å². The SMILES string of the molecule is c1ccc(-c2ccc3c4c(nc(-n5c6ccccc6c6ccc7c(c8ccccc8n7-c7cccc8ccccc78)c65)nc24)-c2ccccc2O3)cc1. The van der Waals surface area contributed by atoms with Gasteiger partial charge < -0.3 is 9.30 Å². The van der Waals surface area contributed by atoms with Crippen LogP contribution in [-0.4, -0.2) is 19.1 Å². The van der Waals surface area contributed by atoms with E-state index in [-0.39, 0.29) is 0 Å². The van der Waals surface area contributed by atoms with Crippen molar-refractivity contribution in [1.29, 1.82) is 0 Å². The normalized spacial score (nSPS) is 12.3. The molecule has 4 heterocycles. The Morgan fingerprint density at radius 3 is 2.02 bits per heavy atom. The lowest BCUT2D eigenvalue weighted by atomic mass is 9.96. The van der Waals surface area contributed by atoms with Gasteiger partial charge in [-0.3, -0.25) is 4.57 Å². The third-order valence-electron chi connectivity index (χ3n) is 10.9. The molecule has 5 heteroatoms. The minimum atomic E-state index is 0.624. The van der Waals surface area contributed by atoms with Crippen LogP contribution in [0.1, 0.15) is 0 Å². The number of rotatable bonds is 3. The topological polar surface area (TPSA) is 44.9 Å². The van der Waals surface area contributed by atoms with Gasteiger partial charge in [0.2, 0.25) is 5.95 Å². The molecule has 11 aromatic rings. The second kappa shape index (κ2) is 10.6. The molecule has 53 heavy (non-hydrogen) atoms. The van der Waals surface area contributed by atoms with E-state index >= 15 is 0 Å². The molecule has 0 atom stereocenters. The van der Waals surface area contributed by atoms with Crippen molar-refractivity contribution in [3.63, 3.8) is 0 Å². The summed E-state index contributed by atoms with van der Waals surface area (Å²) in [6.07, 6.45) is 0. The molecule has 0 radical (unpaired) electrons. The molecule has 0 N–H and O–H groups in total. The standard InChI is InChI=1S/C48H28N4O/c1-2-13-30(14-3-1)32-26-28-42-44-45(32)49-48(50-46(44)36-20-8-11-24-41(36)53-42)52-38-21-9-6-18-33(38)34-25-27-40-43(47(34)52)35-19-7-10-22-39(35)51(40)37-23-12-16-29-15-4-5-17-31(29)37/h1-28H. The first-order chi connectivity index (χ1) is 26.3. The lowest BCUT2D eigenvalue weighted by Gasteiger charge is -2.22. The van der Waals surface area contributed by atoms with E-state index in [4.69, 9.17) is 14.7 Å². The number of aromatic nitrogens is 4. The minimum Gasteiger partial charge on any atom is -0.456 e. The molecule has 0 bridgehead atoms. The zero-order chi connectivity index (χ0) is 34.6. The van der Waals surface area contributed by atoms with Crippen LogP contribution in [0, 0.1) is 0 Å². The van der Waals surface area contributed by atoms with Crippen LogP contribution in [-0.2, 0) is 0 Å². The number of nitrogens with zero attached hydrogens (tertiary/aromatic N) is 4. The summed E-state index contributed by atoms with van der Waals surface area (Å²) in [4.78, 5) is 11.0. The number of ether oxygens (including phenoxy) is 1. The van der Waals surface area contributed by atoms with E-state index < -0.39 is 0 Å². The maximum Gasteiger partial charge on any atom is 0.235 e. The maximum atomic E-state index is 6.50. The van der Waals surface area contributed by atoms with Crippen molar-refractivity contribution in [2.45, 2.75) is 0 Å². The van der Waals surface area contributed by atoms with E-state index in [1.807, 2.05) is 24.3 Å². The highest BCUT2D eigenvalue weighted by molar-refractivity contribution is 6.26. The van der Waals surface area contributed by atoms with Crippen molar-refractivity contribution in [1.82, 2.24) is 19.1 Å². The van der Waals surface area contributed by atoms with E-state index in [0.29, 0.717) is 5.95 Å². The Balaban J connectivity index is 1.27. The molecule has 0 spiro atoms. The highest BCUT2D eigenvalue weighted by Gasteiger charge is 2.28. The molecule has 0 fully saturated rings. The van der Waals surface area contributed by atoms with Crippen LogP contribution < -0.4 is 4.74 Å². The quantitative estimate of drug-likeness (QED) is 0.187. The predicted octanol–water partition coefficient (Wildman–Crippen LogP) is 12.4. The fourth-order valence-corrected chi connectivity index (χ4v) is 8.68. The van der Waals surface area contributed by atoms with Crippen molar-refractivity contribution >= 4 is 65.3 Å². The number of hydrogen-bond acceptors (Lipinski definition) is 3. The zero-order valence-electron chi connectivity index (χ0n) is 28.4. The van der Waals surface area contributed by atoms with Gasteiger partial charge in [-0.25, -0.2) is 9.97 Å². The van der Waals surface area contributed by atoms with Crippen LogP contribution in [0.4, 0.5) is 0 Å². The van der Waals surface area contributed by atoms with Crippen molar-refractivity contribution < 1.29 is 4.74 Å². The molecule has 5 nitrogen and oxygen atoms in total. The molecule has 1 aliphatic heterocycles. The van der Waals surface area contributed by atoms with Gasteiger partial charge in [0.1, 0.15) is 11.5 Å².